The topological polar surface area (TPSA) is 50.4 Å². The third-order valence-electron chi connectivity index (χ3n) is 2.65. The monoisotopic (exact) mass is 303 g/mol. The van der Waals surface area contributed by atoms with Crippen molar-refractivity contribution in [1.82, 2.24) is 14.6 Å². The van der Waals surface area contributed by atoms with E-state index in [2.05, 4.69) is 26.0 Å². The first-order valence-electron chi connectivity index (χ1n) is 5.48. The molecule has 3 aromatic rings. The molecular weight excluding hydrogens is 294 g/mol. The number of halogens is 1. The predicted molar refractivity (Wildman–Crippen MR) is 72.0 cm³/mol. The Morgan fingerprint density at radius 1 is 1.22 bits per heavy atom. The van der Waals surface area contributed by atoms with Gasteiger partial charge >= 0.3 is 0 Å². The largest absolute Gasteiger partial charge is 0.390 e. The van der Waals surface area contributed by atoms with E-state index in [0.29, 0.717) is 5.69 Å². The number of hydrogen-bond acceptors (Lipinski definition) is 3. The first-order valence-corrected chi connectivity index (χ1v) is 6.28. The number of hydrogen-bond donors (Lipinski definition) is 1. The third kappa shape index (κ3) is 2.02. The molecule has 2 aromatic heterocycles. The summed E-state index contributed by atoms with van der Waals surface area (Å²) in [6.45, 7) is -0.0738. The van der Waals surface area contributed by atoms with Gasteiger partial charge in [-0.15, -0.1) is 0 Å². The summed E-state index contributed by atoms with van der Waals surface area (Å²) in [5, 5.41) is 13.5. The number of fused-ring (bicyclic) bond motifs is 1. The summed E-state index contributed by atoms with van der Waals surface area (Å²) in [4.78, 5) is 4.22. The fourth-order valence-corrected chi connectivity index (χ4v) is 2.21. The highest BCUT2D eigenvalue weighted by Crippen LogP contribution is 2.21. The molecule has 0 bridgehead atoms. The van der Waals surface area contributed by atoms with Crippen LogP contribution in [-0.4, -0.2) is 19.7 Å². The molecule has 0 aliphatic rings. The van der Waals surface area contributed by atoms with Gasteiger partial charge in [-0.2, -0.15) is 5.10 Å². The molecule has 3 rings (SSSR count). The van der Waals surface area contributed by atoms with Gasteiger partial charge in [0, 0.05) is 10.0 Å². The lowest BCUT2D eigenvalue weighted by atomic mass is 10.1. The average Bonchev–Trinajstić information content (AvgIpc) is 2.80. The molecule has 0 unspecified atom stereocenters. The summed E-state index contributed by atoms with van der Waals surface area (Å²) in [7, 11) is 0. The quantitative estimate of drug-likeness (QED) is 0.792. The molecule has 1 aromatic carbocycles. The first kappa shape index (κ1) is 11.4. The average molecular weight is 304 g/mol. The maximum Gasteiger partial charge on any atom is 0.153 e. The van der Waals surface area contributed by atoms with Crippen LogP contribution in [0.15, 0.2) is 47.1 Å². The van der Waals surface area contributed by atoms with Crippen molar-refractivity contribution in [3.05, 3.63) is 52.8 Å². The molecule has 0 atom stereocenters. The Hall–Kier alpha value is -1.72. The molecule has 4 nitrogen and oxygen atoms in total. The van der Waals surface area contributed by atoms with E-state index in [1.807, 2.05) is 36.4 Å². The second-order valence-corrected chi connectivity index (χ2v) is 4.84. The highest BCUT2D eigenvalue weighted by molar-refractivity contribution is 9.10. The zero-order valence-corrected chi connectivity index (χ0v) is 11.0. The van der Waals surface area contributed by atoms with Crippen molar-refractivity contribution in [2.45, 2.75) is 6.61 Å². The van der Waals surface area contributed by atoms with Crippen LogP contribution in [0.1, 0.15) is 5.69 Å². The lowest BCUT2D eigenvalue weighted by Crippen LogP contribution is -1.92. The summed E-state index contributed by atoms with van der Waals surface area (Å²) in [5.74, 6) is 0. The minimum absolute atomic E-state index is 0.0738. The minimum atomic E-state index is -0.0738. The zero-order chi connectivity index (χ0) is 12.5. The van der Waals surface area contributed by atoms with E-state index in [1.54, 1.807) is 10.7 Å². The van der Waals surface area contributed by atoms with E-state index < -0.39 is 0 Å². The Morgan fingerprint density at radius 3 is 2.89 bits per heavy atom. The molecule has 0 fully saturated rings. The number of rotatable bonds is 2. The van der Waals surface area contributed by atoms with E-state index in [4.69, 9.17) is 5.11 Å². The standard InChI is InChI=1S/C13H10BrN3O/c14-10-3-1-2-9(6-10)12-4-5-13-15-11(8-18)7-17(13)16-12/h1-7,18H,8H2. The fourth-order valence-electron chi connectivity index (χ4n) is 1.81. The smallest absolute Gasteiger partial charge is 0.153 e. The van der Waals surface area contributed by atoms with Gasteiger partial charge in [-0.1, -0.05) is 28.1 Å². The van der Waals surface area contributed by atoms with Crippen molar-refractivity contribution in [3.8, 4) is 11.3 Å². The highest BCUT2D eigenvalue weighted by Gasteiger charge is 2.04. The second kappa shape index (κ2) is 4.51. The maximum atomic E-state index is 9.05. The van der Waals surface area contributed by atoms with Gasteiger partial charge in [0.2, 0.25) is 0 Å². The molecule has 0 aliphatic heterocycles. The highest BCUT2D eigenvalue weighted by atomic mass is 79.9. The predicted octanol–water partition coefficient (Wildman–Crippen LogP) is 2.65. The summed E-state index contributed by atoms with van der Waals surface area (Å²) in [5.41, 5.74) is 3.25. The van der Waals surface area contributed by atoms with E-state index in [-0.39, 0.29) is 6.61 Å². The van der Waals surface area contributed by atoms with Crippen LogP contribution in [-0.2, 0) is 6.61 Å². The van der Waals surface area contributed by atoms with Crippen molar-refractivity contribution >= 4 is 21.6 Å². The molecule has 2 heterocycles. The normalized spacial score (nSPS) is 11.0. The molecule has 5 heteroatoms. The van der Waals surface area contributed by atoms with Crippen LogP contribution >= 0.6 is 15.9 Å². The van der Waals surface area contributed by atoms with E-state index in [0.717, 1.165) is 21.4 Å². The molecule has 18 heavy (non-hydrogen) atoms. The minimum Gasteiger partial charge on any atom is -0.390 e. The SMILES string of the molecule is OCc1cn2nc(-c3cccc(Br)c3)ccc2n1. The van der Waals surface area contributed by atoms with E-state index >= 15 is 0 Å². The third-order valence-corrected chi connectivity index (χ3v) is 3.15. The van der Waals surface area contributed by atoms with Crippen molar-refractivity contribution in [2.75, 3.05) is 0 Å². The van der Waals surface area contributed by atoms with Crippen LogP contribution < -0.4 is 0 Å². The van der Waals surface area contributed by atoms with Gasteiger partial charge in [-0.3, -0.25) is 0 Å². The van der Waals surface area contributed by atoms with Crippen molar-refractivity contribution in [1.29, 1.82) is 0 Å². The Bertz CT molecular complexity index is 708. The maximum absolute atomic E-state index is 9.05. The molecule has 1 N–H and O–H groups in total. The first-order chi connectivity index (χ1) is 8.76. The van der Waals surface area contributed by atoms with Gasteiger partial charge in [0.25, 0.3) is 0 Å². The molecule has 0 saturated heterocycles. The molecule has 90 valence electrons. The molecular formula is C13H10BrN3O. The summed E-state index contributed by atoms with van der Waals surface area (Å²) in [6, 6.07) is 11.8. The van der Waals surface area contributed by atoms with Crippen LogP contribution in [0.3, 0.4) is 0 Å². The van der Waals surface area contributed by atoms with Gasteiger partial charge in [-0.25, -0.2) is 9.50 Å². The summed E-state index contributed by atoms with van der Waals surface area (Å²) >= 11 is 3.44. The summed E-state index contributed by atoms with van der Waals surface area (Å²) in [6.07, 6.45) is 1.73. The van der Waals surface area contributed by atoms with Crippen LogP contribution in [0.2, 0.25) is 0 Å². The number of aliphatic hydroxyl groups excluding tert-OH is 1. The number of nitrogens with zero attached hydrogens (tertiary/aromatic N) is 3. The van der Waals surface area contributed by atoms with Gasteiger partial charge < -0.3 is 5.11 Å². The molecule has 0 spiro atoms. The van der Waals surface area contributed by atoms with Gasteiger partial charge in [0.1, 0.15) is 0 Å². The number of aliphatic hydroxyl groups is 1. The van der Waals surface area contributed by atoms with Crippen LogP contribution in [0.5, 0.6) is 0 Å². The van der Waals surface area contributed by atoms with Gasteiger partial charge in [-0.05, 0) is 24.3 Å². The molecule has 0 saturated carbocycles. The lowest BCUT2D eigenvalue weighted by molar-refractivity contribution is 0.277. The van der Waals surface area contributed by atoms with Gasteiger partial charge in [0.15, 0.2) is 5.65 Å². The van der Waals surface area contributed by atoms with E-state index in [1.165, 1.54) is 0 Å². The Labute approximate surface area is 112 Å². The second-order valence-electron chi connectivity index (χ2n) is 3.92. The number of aromatic nitrogens is 3. The Kier molecular flexibility index (Phi) is 2.85. The zero-order valence-electron chi connectivity index (χ0n) is 9.42. The van der Waals surface area contributed by atoms with Crippen molar-refractivity contribution in [3.63, 3.8) is 0 Å². The Morgan fingerprint density at radius 2 is 2.11 bits per heavy atom. The van der Waals surface area contributed by atoms with Crippen LogP contribution in [0.4, 0.5) is 0 Å². The summed E-state index contributed by atoms with van der Waals surface area (Å²) < 4.78 is 2.70. The molecule has 0 aliphatic carbocycles. The van der Waals surface area contributed by atoms with E-state index in [9.17, 15) is 0 Å². The molecule has 0 amide bonds. The molecule has 0 radical (unpaired) electrons. The lowest BCUT2D eigenvalue weighted by Gasteiger charge is -2.01. The van der Waals surface area contributed by atoms with Crippen LogP contribution in [0.25, 0.3) is 16.9 Å². The number of imidazole rings is 1. The number of benzene rings is 1. The van der Waals surface area contributed by atoms with Crippen molar-refractivity contribution in [2.24, 2.45) is 0 Å². The fraction of sp³-hybridized carbons (Fsp3) is 0.0769. The Balaban J connectivity index is 2.12. The van der Waals surface area contributed by atoms with Crippen molar-refractivity contribution < 1.29 is 5.11 Å². The van der Waals surface area contributed by atoms with Crippen LogP contribution in [0, 0.1) is 0 Å². The van der Waals surface area contributed by atoms with Gasteiger partial charge in [0.05, 0.1) is 24.2 Å².